The Morgan fingerprint density at radius 2 is 1.52 bits per heavy atom. The van der Waals surface area contributed by atoms with Crippen molar-refractivity contribution < 1.29 is 27.5 Å². The largest absolute Gasteiger partial charge is 0.454 e. The van der Waals surface area contributed by atoms with E-state index in [9.17, 15) is 22.8 Å². The molecular weight excluding hydrogens is 407 g/mol. The molecule has 0 atom stereocenters. The molecule has 4 rings (SSSR count). The van der Waals surface area contributed by atoms with Crippen LogP contribution >= 0.6 is 0 Å². The molecule has 0 radical (unpaired) electrons. The van der Waals surface area contributed by atoms with Crippen molar-refractivity contribution >= 4 is 22.7 Å². The number of para-hydroxylation sites is 1. The minimum Gasteiger partial charge on any atom is -0.454 e. The molecule has 4 aromatic rings. The molecule has 0 fully saturated rings. The van der Waals surface area contributed by atoms with E-state index in [0.717, 1.165) is 23.0 Å². The van der Waals surface area contributed by atoms with Crippen molar-refractivity contribution in [3.63, 3.8) is 0 Å². The molecule has 3 aromatic carbocycles. The molecule has 1 heterocycles. The van der Waals surface area contributed by atoms with Crippen LogP contribution in [-0.4, -0.2) is 23.3 Å². The van der Waals surface area contributed by atoms with Gasteiger partial charge in [-0.05, 0) is 35.4 Å². The minimum atomic E-state index is -4.44. The highest BCUT2D eigenvalue weighted by molar-refractivity contribution is 6.09. The summed E-state index contributed by atoms with van der Waals surface area (Å²) < 4.78 is 43.7. The first kappa shape index (κ1) is 20.4. The summed E-state index contributed by atoms with van der Waals surface area (Å²) >= 11 is 0. The molecule has 0 spiro atoms. The highest BCUT2D eigenvalue weighted by atomic mass is 19.4. The molecule has 0 unspecified atom stereocenters. The van der Waals surface area contributed by atoms with Gasteiger partial charge in [0.25, 0.3) is 0 Å². The molecule has 31 heavy (non-hydrogen) atoms. The third-order valence-electron chi connectivity index (χ3n) is 4.89. The van der Waals surface area contributed by atoms with E-state index in [1.165, 1.54) is 18.2 Å². The Labute approximate surface area is 175 Å². The van der Waals surface area contributed by atoms with Crippen LogP contribution in [0.25, 0.3) is 22.0 Å². The first-order valence-corrected chi connectivity index (χ1v) is 9.37. The summed E-state index contributed by atoms with van der Waals surface area (Å²) in [5, 5.41) is 0.730. The summed E-state index contributed by atoms with van der Waals surface area (Å²) in [7, 11) is 0. The summed E-state index contributed by atoms with van der Waals surface area (Å²) in [4.78, 5) is 28.2. The first-order chi connectivity index (χ1) is 14.8. The van der Waals surface area contributed by atoms with Gasteiger partial charge in [-0.15, -0.1) is 0 Å². The standard InChI is InChI=1S/C24H16F3NO3/c25-24(26,27)16-11-9-15(10-12-16)17-5-1-2-7-19(17)23(30)31-14-22(29)20-13-28-21-8-4-3-6-18(20)21/h1-13,28H,14H2. The van der Waals surface area contributed by atoms with Gasteiger partial charge in [-0.3, -0.25) is 4.79 Å². The van der Waals surface area contributed by atoms with Crippen LogP contribution in [-0.2, 0) is 10.9 Å². The van der Waals surface area contributed by atoms with E-state index in [4.69, 9.17) is 4.74 Å². The molecule has 156 valence electrons. The highest BCUT2D eigenvalue weighted by Gasteiger charge is 2.30. The van der Waals surface area contributed by atoms with Crippen molar-refractivity contribution in [1.82, 2.24) is 4.98 Å². The molecule has 0 amide bonds. The second kappa shape index (κ2) is 8.10. The number of halogens is 3. The van der Waals surface area contributed by atoms with Gasteiger partial charge in [-0.25, -0.2) is 4.79 Å². The van der Waals surface area contributed by atoms with Gasteiger partial charge in [-0.1, -0.05) is 48.5 Å². The van der Waals surface area contributed by atoms with Gasteiger partial charge in [0.05, 0.1) is 11.1 Å². The maximum Gasteiger partial charge on any atom is 0.416 e. The topological polar surface area (TPSA) is 59.2 Å². The number of esters is 1. The first-order valence-electron chi connectivity index (χ1n) is 9.37. The van der Waals surface area contributed by atoms with Crippen molar-refractivity contribution in [3.05, 3.63) is 95.7 Å². The number of Topliss-reactive ketones (excluding diaryl/α,β-unsaturated/α-hetero) is 1. The number of hydrogen-bond acceptors (Lipinski definition) is 3. The van der Waals surface area contributed by atoms with Crippen LogP contribution in [0.1, 0.15) is 26.3 Å². The smallest absolute Gasteiger partial charge is 0.416 e. The maximum atomic E-state index is 12.8. The van der Waals surface area contributed by atoms with Gasteiger partial charge in [0.15, 0.2) is 6.61 Å². The Morgan fingerprint density at radius 3 is 2.26 bits per heavy atom. The number of benzene rings is 3. The predicted molar refractivity (Wildman–Crippen MR) is 110 cm³/mol. The molecule has 0 saturated carbocycles. The highest BCUT2D eigenvalue weighted by Crippen LogP contribution is 2.32. The number of aromatic amines is 1. The summed E-state index contributed by atoms with van der Waals surface area (Å²) in [5.41, 5.74) is 1.45. The molecule has 7 heteroatoms. The summed E-state index contributed by atoms with van der Waals surface area (Å²) in [6.07, 6.45) is -2.88. The molecule has 0 aliphatic heterocycles. The van der Waals surface area contributed by atoms with Crippen LogP contribution in [0.15, 0.2) is 79.0 Å². The van der Waals surface area contributed by atoms with E-state index in [0.29, 0.717) is 16.7 Å². The van der Waals surface area contributed by atoms with Crippen LogP contribution in [0.3, 0.4) is 0 Å². The second-order valence-corrected chi connectivity index (χ2v) is 6.87. The number of rotatable bonds is 5. The van der Waals surface area contributed by atoms with Crippen LogP contribution in [0.5, 0.6) is 0 Å². The lowest BCUT2D eigenvalue weighted by atomic mass is 9.98. The minimum absolute atomic E-state index is 0.161. The monoisotopic (exact) mass is 423 g/mol. The fourth-order valence-corrected chi connectivity index (χ4v) is 3.34. The van der Waals surface area contributed by atoms with Crippen molar-refractivity contribution in [2.75, 3.05) is 6.61 Å². The Morgan fingerprint density at radius 1 is 0.839 bits per heavy atom. The molecular formula is C24H16F3NO3. The number of carbonyl (C=O) groups is 2. The molecule has 1 aromatic heterocycles. The van der Waals surface area contributed by atoms with Gasteiger partial charge >= 0.3 is 12.1 Å². The third kappa shape index (κ3) is 4.21. The third-order valence-corrected chi connectivity index (χ3v) is 4.89. The Balaban J connectivity index is 1.52. The lowest BCUT2D eigenvalue weighted by molar-refractivity contribution is -0.137. The average molecular weight is 423 g/mol. The molecule has 0 saturated heterocycles. The van der Waals surface area contributed by atoms with Gasteiger partial charge < -0.3 is 9.72 Å². The number of H-pyrrole nitrogens is 1. The lowest BCUT2D eigenvalue weighted by Gasteiger charge is -2.11. The number of alkyl halides is 3. The zero-order valence-corrected chi connectivity index (χ0v) is 16.1. The molecule has 0 aliphatic carbocycles. The van der Waals surface area contributed by atoms with E-state index in [1.807, 2.05) is 12.1 Å². The molecule has 4 nitrogen and oxygen atoms in total. The van der Waals surface area contributed by atoms with Gasteiger partial charge in [0.2, 0.25) is 5.78 Å². The Hall–Kier alpha value is -3.87. The van der Waals surface area contributed by atoms with Crippen LogP contribution < -0.4 is 0 Å². The number of carbonyl (C=O) groups excluding carboxylic acids is 2. The van der Waals surface area contributed by atoms with E-state index in [1.54, 1.807) is 36.5 Å². The molecule has 0 aliphatic rings. The molecule has 0 bridgehead atoms. The van der Waals surface area contributed by atoms with E-state index < -0.39 is 24.3 Å². The lowest BCUT2D eigenvalue weighted by Crippen LogP contribution is -2.14. The maximum absolute atomic E-state index is 12.8. The van der Waals surface area contributed by atoms with Gasteiger partial charge in [0, 0.05) is 22.7 Å². The number of ether oxygens (including phenoxy) is 1. The van der Waals surface area contributed by atoms with Crippen LogP contribution in [0, 0.1) is 0 Å². The van der Waals surface area contributed by atoms with Crippen molar-refractivity contribution in [3.8, 4) is 11.1 Å². The second-order valence-electron chi connectivity index (χ2n) is 6.87. The van der Waals surface area contributed by atoms with Crippen molar-refractivity contribution in [2.24, 2.45) is 0 Å². The quantitative estimate of drug-likeness (QED) is 0.322. The number of ketones is 1. The Kier molecular flexibility index (Phi) is 5.33. The van der Waals surface area contributed by atoms with Crippen molar-refractivity contribution in [2.45, 2.75) is 6.18 Å². The summed E-state index contributed by atoms with van der Waals surface area (Å²) in [5.74, 6) is -1.10. The predicted octanol–water partition coefficient (Wildman–Crippen LogP) is 5.89. The molecule has 1 N–H and O–H groups in total. The van der Waals surface area contributed by atoms with E-state index in [-0.39, 0.29) is 11.3 Å². The fraction of sp³-hybridized carbons (Fsp3) is 0.0833. The van der Waals surface area contributed by atoms with E-state index in [2.05, 4.69) is 4.98 Å². The fourth-order valence-electron chi connectivity index (χ4n) is 3.34. The number of fused-ring (bicyclic) bond motifs is 1. The van der Waals surface area contributed by atoms with Crippen molar-refractivity contribution in [1.29, 1.82) is 0 Å². The summed E-state index contributed by atoms with van der Waals surface area (Å²) in [6, 6.07) is 18.2. The summed E-state index contributed by atoms with van der Waals surface area (Å²) in [6.45, 7) is -0.456. The number of hydrogen-bond donors (Lipinski definition) is 1. The van der Waals surface area contributed by atoms with Crippen LogP contribution in [0.4, 0.5) is 13.2 Å². The van der Waals surface area contributed by atoms with Gasteiger partial charge in [-0.2, -0.15) is 13.2 Å². The Bertz CT molecular complexity index is 1260. The normalized spacial score (nSPS) is 11.5. The van der Waals surface area contributed by atoms with E-state index >= 15 is 0 Å². The zero-order chi connectivity index (χ0) is 22.0. The zero-order valence-electron chi connectivity index (χ0n) is 16.1. The SMILES string of the molecule is O=C(OCC(=O)c1c[nH]c2ccccc12)c1ccccc1-c1ccc(C(F)(F)F)cc1. The van der Waals surface area contributed by atoms with Gasteiger partial charge in [0.1, 0.15) is 0 Å². The number of aromatic nitrogens is 1. The average Bonchev–Trinajstić information content (AvgIpc) is 3.21. The van der Waals surface area contributed by atoms with Crippen LogP contribution in [0.2, 0.25) is 0 Å². The number of nitrogens with one attached hydrogen (secondary N) is 1.